The molecule has 9 heteroatoms. The maximum absolute atomic E-state index is 11.0. The molecule has 0 spiro atoms. The van der Waals surface area contributed by atoms with E-state index in [2.05, 4.69) is 9.97 Å². The fourth-order valence-electron chi connectivity index (χ4n) is 4.01. The number of halogens is 2. The van der Waals surface area contributed by atoms with E-state index in [-0.39, 0.29) is 18.8 Å². The number of aromatic nitrogens is 2. The highest BCUT2D eigenvalue weighted by Gasteiger charge is 2.16. The van der Waals surface area contributed by atoms with Gasteiger partial charge in [-0.2, -0.15) is 0 Å². The van der Waals surface area contributed by atoms with Gasteiger partial charge in [0.15, 0.2) is 0 Å². The normalized spacial score (nSPS) is 11.6. The van der Waals surface area contributed by atoms with Gasteiger partial charge in [0.2, 0.25) is 5.88 Å². The summed E-state index contributed by atoms with van der Waals surface area (Å²) in [6, 6.07) is 22.6. The van der Waals surface area contributed by atoms with E-state index < -0.39 is 12.0 Å². The maximum atomic E-state index is 11.0. The Morgan fingerprint density at radius 3 is 2.46 bits per heavy atom. The number of carbonyl (C=O) groups is 1. The van der Waals surface area contributed by atoms with Crippen molar-refractivity contribution in [2.75, 3.05) is 0 Å². The number of carboxylic acids is 1. The molecule has 0 aliphatic rings. The Morgan fingerprint density at radius 1 is 1.00 bits per heavy atom. The van der Waals surface area contributed by atoms with Crippen LogP contribution in [0.5, 0.6) is 5.88 Å². The highest BCUT2D eigenvalue weighted by molar-refractivity contribution is 7.18. The summed E-state index contributed by atoms with van der Waals surface area (Å²) in [7, 11) is 0. The maximum Gasteiger partial charge on any atom is 0.320 e. The fourth-order valence-corrected chi connectivity index (χ4v) is 5.15. The first-order valence-corrected chi connectivity index (χ1v) is 12.5. The van der Waals surface area contributed by atoms with Gasteiger partial charge in [-0.15, -0.1) is 23.7 Å². The van der Waals surface area contributed by atoms with Crippen LogP contribution in [0.4, 0.5) is 0 Å². The SMILES string of the molecule is Cl.NC(Cc1ccc(-c2csc3c(OCc4ccc(Cl)cc4-c4ccccc4)ncnc23)cc1)C(=O)O. The lowest BCUT2D eigenvalue weighted by atomic mass is 10.0. The predicted octanol–water partition coefficient (Wildman–Crippen LogP) is 6.63. The van der Waals surface area contributed by atoms with Crippen LogP contribution in [0.1, 0.15) is 11.1 Å². The van der Waals surface area contributed by atoms with Gasteiger partial charge in [0, 0.05) is 16.0 Å². The van der Waals surface area contributed by atoms with E-state index in [0.717, 1.165) is 43.6 Å². The van der Waals surface area contributed by atoms with Crippen molar-refractivity contribution in [1.29, 1.82) is 0 Å². The molecule has 0 saturated carbocycles. The molecule has 2 aromatic heterocycles. The minimum absolute atomic E-state index is 0. The Hall–Kier alpha value is -3.49. The Balaban J connectivity index is 0.00000320. The first-order valence-electron chi connectivity index (χ1n) is 11.3. The van der Waals surface area contributed by atoms with E-state index in [1.165, 1.54) is 17.7 Å². The molecular weight excluding hydrogens is 529 g/mol. The summed E-state index contributed by atoms with van der Waals surface area (Å²) in [6.45, 7) is 0.333. The zero-order valence-corrected chi connectivity index (χ0v) is 21.9. The lowest BCUT2D eigenvalue weighted by molar-refractivity contribution is -0.138. The standard InChI is InChI=1S/C28H22ClN3O3S.ClH/c29-21-11-10-20(22(13-21)18-4-2-1-3-5-18)14-35-27-26-25(31-16-32-27)23(15-36-26)19-8-6-17(7-9-19)12-24(30)28(33)34;/h1-11,13,15-16,24H,12,14,30H2,(H,33,34);1H. The van der Waals surface area contributed by atoms with Crippen molar-refractivity contribution < 1.29 is 14.6 Å². The molecule has 0 radical (unpaired) electrons. The quantitative estimate of drug-likeness (QED) is 0.224. The molecule has 0 saturated heterocycles. The van der Waals surface area contributed by atoms with Crippen molar-refractivity contribution in [3.63, 3.8) is 0 Å². The van der Waals surface area contributed by atoms with Gasteiger partial charge in [-0.1, -0.05) is 72.3 Å². The molecule has 1 unspecified atom stereocenters. The summed E-state index contributed by atoms with van der Waals surface area (Å²) in [4.78, 5) is 19.9. The summed E-state index contributed by atoms with van der Waals surface area (Å²) >= 11 is 7.80. The highest BCUT2D eigenvalue weighted by Crippen LogP contribution is 2.37. The lowest BCUT2D eigenvalue weighted by Crippen LogP contribution is -2.32. The van der Waals surface area contributed by atoms with Gasteiger partial charge >= 0.3 is 5.97 Å². The van der Waals surface area contributed by atoms with Gasteiger partial charge in [0.25, 0.3) is 0 Å². The smallest absolute Gasteiger partial charge is 0.320 e. The van der Waals surface area contributed by atoms with Crippen molar-refractivity contribution in [2.24, 2.45) is 5.73 Å². The van der Waals surface area contributed by atoms with Gasteiger partial charge in [-0.25, -0.2) is 9.97 Å². The first kappa shape index (κ1) is 26.6. The number of hydrogen-bond acceptors (Lipinski definition) is 6. The fraction of sp³-hybridized carbons (Fsp3) is 0.107. The van der Waals surface area contributed by atoms with Gasteiger partial charge in [-0.05, 0) is 46.4 Å². The molecule has 2 heterocycles. The number of nitrogens with zero attached hydrogens (tertiary/aromatic N) is 2. The molecule has 3 N–H and O–H groups in total. The summed E-state index contributed by atoms with van der Waals surface area (Å²) in [5, 5.41) is 11.7. The molecule has 0 fully saturated rings. The molecule has 1 atom stereocenters. The second kappa shape index (κ2) is 11.7. The predicted molar refractivity (Wildman–Crippen MR) is 151 cm³/mol. The number of hydrogen-bond donors (Lipinski definition) is 2. The second-order valence-corrected chi connectivity index (χ2v) is 9.62. The topological polar surface area (TPSA) is 98.3 Å². The molecular formula is C28H23Cl2N3O3S. The second-order valence-electron chi connectivity index (χ2n) is 8.31. The number of ether oxygens (including phenoxy) is 1. The molecule has 0 aliphatic heterocycles. The molecule has 5 aromatic rings. The first-order chi connectivity index (χ1) is 17.5. The number of aliphatic carboxylic acids is 1. The monoisotopic (exact) mass is 551 g/mol. The van der Waals surface area contributed by atoms with Crippen molar-refractivity contribution in [2.45, 2.75) is 19.1 Å². The number of nitrogens with two attached hydrogens (primary N) is 1. The van der Waals surface area contributed by atoms with Crippen molar-refractivity contribution >= 4 is 51.5 Å². The Kier molecular flexibility index (Phi) is 8.41. The van der Waals surface area contributed by atoms with E-state index in [1.807, 2.05) is 78.2 Å². The minimum Gasteiger partial charge on any atom is -0.480 e. The highest BCUT2D eigenvalue weighted by atomic mass is 35.5. The van der Waals surface area contributed by atoms with Crippen LogP contribution >= 0.6 is 35.3 Å². The van der Waals surface area contributed by atoms with Crippen LogP contribution in [-0.2, 0) is 17.8 Å². The largest absolute Gasteiger partial charge is 0.480 e. The molecule has 0 aliphatic carbocycles. The van der Waals surface area contributed by atoms with Crippen LogP contribution in [0.15, 0.2) is 84.5 Å². The average molecular weight is 552 g/mol. The number of thiophene rings is 1. The molecule has 37 heavy (non-hydrogen) atoms. The Labute approximate surface area is 229 Å². The van der Waals surface area contributed by atoms with Gasteiger partial charge in [0.1, 0.15) is 23.7 Å². The van der Waals surface area contributed by atoms with Crippen LogP contribution in [0, 0.1) is 0 Å². The summed E-state index contributed by atoms with van der Waals surface area (Å²) < 4.78 is 7.05. The van der Waals surface area contributed by atoms with Gasteiger partial charge in [0.05, 0.1) is 5.52 Å². The Morgan fingerprint density at radius 2 is 1.73 bits per heavy atom. The molecule has 6 nitrogen and oxygen atoms in total. The summed E-state index contributed by atoms with van der Waals surface area (Å²) in [5.41, 5.74) is 12.4. The van der Waals surface area contributed by atoms with Crippen molar-refractivity contribution in [1.82, 2.24) is 9.97 Å². The van der Waals surface area contributed by atoms with E-state index in [4.69, 9.17) is 27.2 Å². The molecule has 188 valence electrons. The number of carboxylic acid groups (broad SMARTS) is 1. The average Bonchev–Trinajstić information content (AvgIpc) is 3.34. The van der Waals surface area contributed by atoms with E-state index in [9.17, 15) is 4.79 Å². The van der Waals surface area contributed by atoms with Crippen LogP contribution < -0.4 is 10.5 Å². The van der Waals surface area contributed by atoms with Crippen molar-refractivity contribution in [3.05, 3.63) is 101 Å². The van der Waals surface area contributed by atoms with Gasteiger partial charge in [-0.3, -0.25) is 4.79 Å². The summed E-state index contributed by atoms with van der Waals surface area (Å²) in [6.07, 6.45) is 1.78. The van der Waals surface area contributed by atoms with Crippen LogP contribution in [0.2, 0.25) is 5.02 Å². The third kappa shape index (κ3) is 5.92. The molecule has 0 bridgehead atoms. The lowest BCUT2D eigenvalue weighted by Gasteiger charge is -2.12. The number of benzene rings is 3. The summed E-state index contributed by atoms with van der Waals surface area (Å²) in [5.74, 6) is -0.490. The zero-order chi connectivity index (χ0) is 25.1. The van der Waals surface area contributed by atoms with Gasteiger partial charge < -0.3 is 15.6 Å². The molecule has 5 rings (SSSR count). The van der Waals surface area contributed by atoms with E-state index in [1.54, 1.807) is 0 Å². The van der Waals surface area contributed by atoms with E-state index in [0.29, 0.717) is 17.5 Å². The Bertz CT molecular complexity index is 1530. The third-order valence-corrected chi connectivity index (χ3v) is 7.07. The van der Waals surface area contributed by atoms with Crippen LogP contribution in [-0.4, -0.2) is 27.1 Å². The number of fused-ring (bicyclic) bond motifs is 1. The van der Waals surface area contributed by atoms with Crippen molar-refractivity contribution in [3.8, 4) is 28.1 Å². The minimum atomic E-state index is -1.01. The van der Waals surface area contributed by atoms with Crippen LogP contribution in [0.3, 0.4) is 0 Å². The zero-order valence-electron chi connectivity index (χ0n) is 19.5. The van der Waals surface area contributed by atoms with E-state index >= 15 is 0 Å². The molecule has 0 amide bonds. The number of rotatable bonds is 8. The molecule has 3 aromatic carbocycles. The van der Waals surface area contributed by atoms with Crippen LogP contribution in [0.25, 0.3) is 32.5 Å². The third-order valence-electron chi connectivity index (χ3n) is 5.88.